The first-order chi connectivity index (χ1) is 15.0. The number of fused-ring (bicyclic) bond motifs is 1. The zero-order valence-electron chi connectivity index (χ0n) is 17.3. The lowest BCUT2D eigenvalue weighted by molar-refractivity contribution is -0.125. The highest BCUT2D eigenvalue weighted by Crippen LogP contribution is 2.37. The van der Waals surface area contributed by atoms with Crippen molar-refractivity contribution in [3.8, 4) is 17.0 Å². The third kappa shape index (κ3) is 4.03. The van der Waals surface area contributed by atoms with Crippen molar-refractivity contribution in [1.82, 2.24) is 20.1 Å². The van der Waals surface area contributed by atoms with Crippen LogP contribution in [0, 0.1) is 0 Å². The molecule has 31 heavy (non-hydrogen) atoms. The number of nitrogens with one attached hydrogen (secondary N) is 1. The molecule has 2 N–H and O–H groups in total. The van der Waals surface area contributed by atoms with Crippen molar-refractivity contribution in [2.75, 3.05) is 26.8 Å². The number of aromatic amines is 1. The number of halogens is 1. The number of aromatic nitrogens is 3. The molecule has 162 valence electrons. The Balaban J connectivity index is 1.78. The fourth-order valence-electron chi connectivity index (χ4n) is 4.21. The molecule has 3 heterocycles. The molecule has 1 saturated heterocycles. The number of benzene rings is 1. The van der Waals surface area contributed by atoms with Crippen molar-refractivity contribution in [2.45, 2.75) is 24.9 Å². The molecule has 2 aromatic heterocycles. The Kier molecular flexibility index (Phi) is 5.99. The Morgan fingerprint density at radius 1 is 1.39 bits per heavy atom. The van der Waals surface area contributed by atoms with Gasteiger partial charge >= 0.3 is 0 Å². The van der Waals surface area contributed by atoms with Crippen LogP contribution < -0.4 is 0 Å². The number of phenols is 1. The van der Waals surface area contributed by atoms with Gasteiger partial charge in [-0.3, -0.25) is 4.79 Å². The van der Waals surface area contributed by atoms with E-state index in [0.29, 0.717) is 29.9 Å². The standard InChI is InChI=1S/C23H25FN4O3/c1-3-21(30)28-12-17(18(24)13-28)22-14(8-6-10-31-2)16-11-19(26-27-23(16)25-22)15-7-4-5-9-20(15)29/h3-5,7,9,11,17-18,29H,1,6,8,10,12-13H2,2H3,(H,25,27). The van der Waals surface area contributed by atoms with E-state index in [1.54, 1.807) is 25.3 Å². The molecule has 0 aliphatic carbocycles. The molecule has 8 heteroatoms. The summed E-state index contributed by atoms with van der Waals surface area (Å²) in [4.78, 5) is 16.7. The molecule has 0 saturated carbocycles. The smallest absolute Gasteiger partial charge is 0.246 e. The Labute approximate surface area is 179 Å². The first-order valence-electron chi connectivity index (χ1n) is 10.2. The Morgan fingerprint density at radius 2 is 2.19 bits per heavy atom. The van der Waals surface area contributed by atoms with Crippen molar-refractivity contribution < 1.29 is 19.0 Å². The van der Waals surface area contributed by atoms with Crippen LogP contribution in [0.15, 0.2) is 43.0 Å². The van der Waals surface area contributed by atoms with E-state index in [-0.39, 0.29) is 24.7 Å². The van der Waals surface area contributed by atoms with Gasteiger partial charge in [0.1, 0.15) is 11.9 Å². The number of amides is 1. The number of para-hydroxylation sites is 1. The molecule has 2 atom stereocenters. The second-order valence-electron chi connectivity index (χ2n) is 7.69. The van der Waals surface area contributed by atoms with Crippen molar-refractivity contribution >= 4 is 16.9 Å². The number of carbonyl (C=O) groups is 1. The molecule has 2 unspecified atom stereocenters. The lowest BCUT2D eigenvalue weighted by Gasteiger charge is -2.15. The van der Waals surface area contributed by atoms with Gasteiger partial charge in [-0.2, -0.15) is 0 Å². The minimum Gasteiger partial charge on any atom is -0.507 e. The van der Waals surface area contributed by atoms with Gasteiger partial charge in [-0.25, -0.2) is 4.39 Å². The topological polar surface area (TPSA) is 91.3 Å². The van der Waals surface area contributed by atoms with Crippen molar-refractivity contribution in [1.29, 1.82) is 0 Å². The number of H-pyrrole nitrogens is 1. The van der Waals surface area contributed by atoms with Gasteiger partial charge in [0.25, 0.3) is 0 Å². The van der Waals surface area contributed by atoms with Gasteiger partial charge in [0.15, 0.2) is 5.65 Å². The van der Waals surface area contributed by atoms with Gasteiger partial charge < -0.3 is 19.7 Å². The molecule has 1 aliphatic rings. The summed E-state index contributed by atoms with van der Waals surface area (Å²) in [6.07, 6.45) is 1.44. The summed E-state index contributed by atoms with van der Waals surface area (Å²) >= 11 is 0. The lowest BCUT2D eigenvalue weighted by atomic mass is 9.95. The van der Waals surface area contributed by atoms with Crippen molar-refractivity contribution in [2.24, 2.45) is 0 Å². The number of hydrogen-bond donors (Lipinski definition) is 2. The predicted molar refractivity (Wildman–Crippen MR) is 116 cm³/mol. The maximum Gasteiger partial charge on any atom is 0.246 e. The van der Waals surface area contributed by atoms with Crippen LogP contribution in [-0.4, -0.2) is 64.1 Å². The fourth-order valence-corrected chi connectivity index (χ4v) is 4.21. The number of nitrogens with zero attached hydrogens (tertiary/aromatic N) is 3. The summed E-state index contributed by atoms with van der Waals surface area (Å²) in [7, 11) is 1.64. The maximum absolute atomic E-state index is 15.0. The van der Waals surface area contributed by atoms with Crippen LogP contribution in [0.5, 0.6) is 5.75 Å². The summed E-state index contributed by atoms with van der Waals surface area (Å²) in [6.45, 7) is 4.39. The molecule has 1 aliphatic heterocycles. The number of likely N-dealkylation sites (tertiary alicyclic amines) is 1. The van der Waals surface area contributed by atoms with Crippen LogP contribution in [0.1, 0.15) is 23.6 Å². The number of ether oxygens (including phenoxy) is 1. The minimum atomic E-state index is -1.19. The van der Waals surface area contributed by atoms with Gasteiger partial charge in [0, 0.05) is 36.9 Å². The van der Waals surface area contributed by atoms with Crippen LogP contribution in [-0.2, 0) is 16.0 Å². The van der Waals surface area contributed by atoms with E-state index in [0.717, 1.165) is 23.1 Å². The third-order valence-electron chi connectivity index (χ3n) is 5.76. The molecular formula is C23H25FN4O3. The molecule has 0 spiro atoms. The number of methoxy groups -OCH3 is 1. The Bertz CT molecular complexity index is 1110. The number of alkyl halides is 1. The second-order valence-corrected chi connectivity index (χ2v) is 7.69. The Hall–Kier alpha value is -3.26. The number of rotatable bonds is 7. The Morgan fingerprint density at radius 3 is 2.94 bits per heavy atom. The predicted octanol–water partition coefficient (Wildman–Crippen LogP) is 3.36. The molecule has 1 aromatic carbocycles. The summed E-state index contributed by atoms with van der Waals surface area (Å²) in [5.41, 5.74) is 3.36. The SMILES string of the molecule is C=CC(=O)N1CC(F)C(c2[nH]c3nnc(-c4ccccc4O)cc3c2CCCOC)C1. The van der Waals surface area contributed by atoms with E-state index < -0.39 is 12.1 Å². The maximum atomic E-state index is 15.0. The highest BCUT2D eigenvalue weighted by molar-refractivity contribution is 5.88. The first kappa shape index (κ1) is 21.0. The average Bonchev–Trinajstić information content (AvgIpc) is 3.33. The molecule has 1 amide bonds. The fraction of sp³-hybridized carbons (Fsp3) is 0.348. The molecule has 3 aromatic rings. The van der Waals surface area contributed by atoms with Crippen LogP contribution in [0.2, 0.25) is 0 Å². The average molecular weight is 424 g/mol. The largest absolute Gasteiger partial charge is 0.507 e. The van der Waals surface area contributed by atoms with Gasteiger partial charge in [-0.05, 0) is 42.7 Å². The number of aryl methyl sites for hydroxylation is 1. The quantitative estimate of drug-likeness (QED) is 0.448. The van der Waals surface area contributed by atoms with Crippen LogP contribution >= 0.6 is 0 Å². The van der Waals surface area contributed by atoms with Crippen LogP contribution in [0.3, 0.4) is 0 Å². The van der Waals surface area contributed by atoms with Gasteiger partial charge in [0.05, 0.1) is 18.2 Å². The van der Waals surface area contributed by atoms with E-state index in [1.165, 1.54) is 11.0 Å². The van der Waals surface area contributed by atoms with Crippen molar-refractivity contribution in [3.63, 3.8) is 0 Å². The van der Waals surface area contributed by atoms with E-state index in [4.69, 9.17) is 4.74 Å². The molecule has 7 nitrogen and oxygen atoms in total. The van der Waals surface area contributed by atoms with Crippen LogP contribution in [0.4, 0.5) is 4.39 Å². The first-order valence-corrected chi connectivity index (χ1v) is 10.2. The van der Waals surface area contributed by atoms with Gasteiger partial charge in [0.2, 0.25) is 5.91 Å². The molecular weight excluding hydrogens is 399 g/mol. The minimum absolute atomic E-state index is 0.0389. The molecule has 4 rings (SSSR count). The van der Waals surface area contributed by atoms with E-state index in [2.05, 4.69) is 21.8 Å². The molecule has 0 bridgehead atoms. The number of aromatic hydroxyl groups is 1. The molecule has 0 radical (unpaired) electrons. The van der Waals surface area contributed by atoms with Gasteiger partial charge in [-0.1, -0.05) is 18.7 Å². The number of hydrogen-bond acceptors (Lipinski definition) is 5. The second kappa shape index (κ2) is 8.85. The highest BCUT2D eigenvalue weighted by Gasteiger charge is 2.38. The van der Waals surface area contributed by atoms with E-state index in [1.807, 2.05) is 12.1 Å². The third-order valence-corrected chi connectivity index (χ3v) is 5.76. The monoisotopic (exact) mass is 424 g/mol. The van der Waals surface area contributed by atoms with E-state index in [9.17, 15) is 14.3 Å². The summed E-state index contributed by atoms with van der Waals surface area (Å²) in [5, 5.41) is 19.6. The van der Waals surface area contributed by atoms with Gasteiger partial charge in [-0.15, -0.1) is 10.2 Å². The zero-order valence-corrected chi connectivity index (χ0v) is 17.3. The highest BCUT2D eigenvalue weighted by atomic mass is 19.1. The van der Waals surface area contributed by atoms with E-state index >= 15 is 0 Å². The number of carbonyl (C=O) groups excluding carboxylic acids is 1. The zero-order chi connectivity index (χ0) is 22.0. The summed E-state index contributed by atoms with van der Waals surface area (Å²) in [5.74, 6) is -0.640. The lowest BCUT2D eigenvalue weighted by Crippen LogP contribution is -2.27. The van der Waals surface area contributed by atoms with Crippen molar-refractivity contribution in [3.05, 3.63) is 54.2 Å². The van der Waals surface area contributed by atoms with Crippen LogP contribution in [0.25, 0.3) is 22.3 Å². The number of phenolic OH excluding ortho intramolecular Hbond substituents is 1. The normalized spacial score (nSPS) is 18.6. The summed E-state index contributed by atoms with van der Waals surface area (Å²) < 4.78 is 20.2. The summed E-state index contributed by atoms with van der Waals surface area (Å²) in [6, 6.07) is 8.80. The molecule has 1 fully saturated rings.